The Balaban J connectivity index is 2.45. The highest BCUT2D eigenvalue weighted by Gasteiger charge is 2.16. The Kier molecular flexibility index (Phi) is 4.10. The first-order valence-electron chi connectivity index (χ1n) is 6.61. The molecule has 0 atom stereocenters. The van der Waals surface area contributed by atoms with Gasteiger partial charge in [0.25, 0.3) is 0 Å². The second-order valence-electron chi connectivity index (χ2n) is 4.62. The zero-order chi connectivity index (χ0) is 13.8. The maximum atomic E-state index is 10.6. The zero-order valence-corrected chi connectivity index (χ0v) is 11.3. The normalized spacial score (nSPS) is 11.1. The predicted molar refractivity (Wildman–Crippen MR) is 74.8 cm³/mol. The first kappa shape index (κ1) is 13.5. The Morgan fingerprint density at radius 3 is 2.74 bits per heavy atom. The van der Waals surface area contributed by atoms with Crippen LogP contribution in [-0.2, 0) is 4.79 Å². The van der Waals surface area contributed by atoms with Gasteiger partial charge in [-0.1, -0.05) is 19.9 Å². The van der Waals surface area contributed by atoms with E-state index in [0.29, 0.717) is 11.7 Å². The van der Waals surface area contributed by atoms with Crippen LogP contribution in [0.2, 0.25) is 0 Å². The predicted octanol–water partition coefficient (Wildman–Crippen LogP) is 3.53. The Hall–Kier alpha value is -1.97. The minimum atomic E-state index is -0.961. The summed E-state index contributed by atoms with van der Waals surface area (Å²) >= 11 is 0. The maximum absolute atomic E-state index is 10.6. The molecule has 0 aliphatic heterocycles. The minimum Gasteiger partial charge on any atom is -0.481 e. The van der Waals surface area contributed by atoms with Crippen LogP contribution in [0.1, 0.15) is 38.2 Å². The largest absolute Gasteiger partial charge is 0.481 e. The number of carboxylic acid groups (broad SMARTS) is 1. The van der Waals surface area contributed by atoms with Crippen LogP contribution in [0.3, 0.4) is 0 Å². The van der Waals surface area contributed by atoms with Gasteiger partial charge in [-0.05, 0) is 36.5 Å². The van der Waals surface area contributed by atoms with Gasteiger partial charge in [0.05, 0.1) is 0 Å². The first-order chi connectivity index (χ1) is 9.17. The van der Waals surface area contributed by atoms with E-state index in [1.165, 1.54) is 5.56 Å². The van der Waals surface area contributed by atoms with Gasteiger partial charge >= 0.3 is 5.97 Å². The highest BCUT2D eigenvalue weighted by molar-refractivity contribution is 5.90. The molecule has 0 bridgehead atoms. The van der Waals surface area contributed by atoms with Crippen LogP contribution >= 0.6 is 0 Å². The zero-order valence-electron chi connectivity index (χ0n) is 11.3. The summed E-state index contributed by atoms with van der Waals surface area (Å²) in [5.41, 5.74) is 2.20. The number of H-pyrrole nitrogens is 1. The van der Waals surface area contributed by atoms with E-state index >= 15 is 0 Å². The standard InChI is InChI=1S/C15H19NO3/c1-3-10(4-2)11-8-16-12-6-5-7-13(15(11)12)19-9-14(17)18/h5-8,10,16H,3-4,9H2,1-2H3,(H,17,18). The molecule has 0 amide bonds. The van der Waals surface area contributed by atoms with Crippen molar-refractivity contribution in [3.8, 4) is 5.75 Å². The van der Waals surface area contributed by atoms with E-state index in [1.54, 1.807) is 0 Å². The SMILES string of the molecule is CCC(CC)c1c[nH]c2cccc(OCC(=O)O)c12. The Bertz CT molecular complexity index is 570. The number of carboxylic acids is 1. The molecule has 4 nitrogen and oxygen atoms in total. The molecule has 2 aromatic rings. The fourth-order valence-corrected chi connectivity index (χ4v) is 2.49. The summed E-state index contributed by atoms with van der Waals surface area (Å²) in [5.74, 6) is 0.142. The average molecular weight is 261 g/mol. The lowest BCUT2D eigenvalue weighted by atomic mass is 9.93. The first-order valence-corrected chi connectivity index (χ1v) is 6.61. The molecule has 0 saturated heterocycles. The van der Waals surface area contributed by atoms with Crippen molar-refractivity contribution >= 4 is 16.9 Å². The summed E-state index contributed by atoms with van der Waals surface area (Å²) in [4.78, 5) is 13.9. The lowest BCUT2D eigenvalue weighted by Crippen LogP contribution is -2.09. The molecular formula is C15H19NO3. The van der Waals surface area contributed by atoms with Crippen molar-refractivity contribution in [2.75, 3.05) is 6.61 Å². The van der Waals surface area contributed by atoms with E-state index < -0.39 is 5.97 Å². The fourth-order valence-electron chi connectivity index (χ4n) is 2.49. The molecule has 2 rings (SSSR count). The molecule has 0 aliphatic carbocycles. The molecule has 0 saturated carbocycles. The number of rotatable bonds is 6. The molecule has 1 aromatic carbocycles. The fraction of sp³-hybridized carbons (Fsp3) is 0.400. The van der Waals surface area contributed by atoms with E-state index in [2.05, 4.69) is 18.8 Å². The van der Waals surface area contributed by atoms with Crippen LogP contribution in [-0.4, -0.2) is 22.7 Å². The van der Waals surface area contributed by atoms with E-state index in [0.717, 1.165) is 23.7 Å². The van der Waals surface area contributed by atoms with Gasteiger partial charge in [-0.25, -0.2) is 4.79 Å². The smallest absolute Gasteiger partial charge is 0.341 e. The molecule has 102 valence electrons. The van der Waals surface area contributed by atoms with Gasteiger partial charge in [0, 0.05) is 17.1 Å². The topological polar surface area (TPSA) is 62.3 Å². The number of hydrogen-bond donors (Lipinski definition) is 2. The third kappa shape index (κ3) is 2.72. The van der Waals surface area contributed by atoms with Crippen molar-refractivity contribution in [2.45, 2.75) is 32.6 Å². The van der Waals surface area contributed by atoms with Gasteiger partial charge in [-0.3, -0.25) is 0 Å². The Morgan fingerprint density at radius 1 is 1.37 bits per heavy atom. The summed E-state index contributed by atoms with van der Waals surface area (Å²) in [6.07, 6.45) is 4.11. The Labute approximate surface area is 112 Å². The van der Waals surface area contributed by atoms with Gasteiger partial charge in [0.1, 0.15) is 5.75 Å². The number of nitrogens with one attached hydrogen (secondary N) is 1. The summed E-state index contributed by atoms with van der Waals surface area (Å²) in [7, 11) is 0. The Morgan fingerprint density at radius 2 is 2.11 bits per heavy atom. The highest BCUT2D eigenvalue weighted by Crippen LogP contribution is 2.35. The number of aromatic amines is 1. The van der Waals surface area contributed by atoms with E-state index in [9.17, 15) is 4.79 Å². The van der Waals surface area contributed by atoms with Gasteiger partial charge < -0.3 is 14.8 Å². The van der Waals surface area contributed by atoms with Crippen LogP contribution in [0.15, 0.2) is 24.4 Å². The van der Waals surface area contributed by atoms with E-state index in [1.807, 2.05) is 24.4 Å². The van der Waals surface area contributed by atoms with Crippen LogP contribution < -0.4 is 4.74 Å². The second kappa shape index (κ2) is 5.78. The highest BCUT2D eigenvalue weighted by atomic mass is 16.5. The molecule has 2 N–H and O–H groups in total. The minimum absolute atomic E-state index is 0.313. The molecule has 0 fully saturated rings. The quantitative estimate of drug-likeness (QED) is 0.836. The average Bonchev–Trinajstić information content (AvgIpc) is 2.82. The molecule has 0 aliphatic rings. The lowest BCUT2D eigenvalue weighted by Gasteiger charge is -2.13. The van der Waals surface area contributed by atoms with Crippen molar-refractivity contribution in [1.29, 1.82) is 0 Å². The van der Waals surface area contributed by atoms with Crippen molar-refractivity contribution in [2.24, 2.45) is 0 Å². The molecular weight excluding hydrogens is 242 g/mol. The van der Waals surface area contributed by atoms with Crippen LogP contribution in [0, 0.1) is 0 Å². The third-order valence-corrected chi connectivity index (χ3v) is 3.47. The monoisotopic (exact) mass is 261 g/mol. The van der Waals surface area contributed by atoms with E-state index in [4.69, 9.17) is 9.84 Å². The van der Waals surface area contributed by atoms with Gasteiger partial charge in [-0.2, -0.15) is 0 Å². The van der Waals surface area contributed by atoms with Crippen molar-refractivity contribution in [3.63, 3.8) is 0 Å². The summed E-state index contributed by atoms with van der Waals surface area (Å²) < 4.78 is 5.40. The van der Waals surface area contributed by atoms with Crippen molar-refractivity contribution in [1.82, 2.24) is 4.98 Å². The van der Waals surface area contributed by atoms with Crippen molar-refractivity contribution < 1.29 is 14.6 Å². The molecule has 19 heavy (non-hydrogen) atoms. The number of ether oxygens (including phenoxy) is 1. The van der Waals surface area contributed by atoms with Crippen LogP contribution in [0.5, 0.6) is 5.75 Å². The number of aromatic nitrogens is 1. The summed E-state index contributed by atoms with van der Waals surface area (Å²) in [6, 6.07) is 5.67. The number of fused-ring (bicyclic) bond motifs is 1. The third-order valence-electron chi connectivity index (χ3n) is 3.47. The van der Waals surface area contributed by atoms with Crippen LogP contribution in [0.25, 0.3) is 10.9 Å². The number of aliphatic carboxylic acids is 1. The molecule has 4 heteroatoms. The van der Waals surface area contributed by atoms with Crippen LogP contribution in [0.4, 0.5) is 0 Å². The summed E-state index contributed by atoms with van der Waals surface area (Å²) in [5, 5.41) is 9.75. The lowest BCUT2D eigenvalue weighted by molar-refractivity contribution is -0.139. The van der Waals surface area contributed by atoms with Gasteiger partial charge in [0.15, 0.2) is 6.61 Å². The second-order valence-corrected chi connectivity index (χ2v) is 4.62. The molecule has 1 heterocycles. The maximum Gasteiger partial charge on any atom is 0.341 e. The molecule has 0 spiro atoms. The molecule has 1 aromatic heterocycles. The van der Waals surface area contributed by atoms with Crippen molar-refractivity contribution in [3.05, 3.63) is 30.0 Å². The number of hydrogen-bond acceptors (Lipinski definition) is 2. The molecule has 0 radical (unpaired) electrons. The van der Waals surface area contributed by atoms with E-state index in [-0.39, 0.29) is 6.61 Å². The summed E-state index contributed by atoms with van der Waals surface area (Å²) in [6.45, 7) is 4.01. The number of carbonyl (C=O) groups is 1. The number of benzene rings is 1. The van der Waals surface area contributed by atoms with Gasteiger partial charge in [-0.15, -0.1) is 0 Å². The van der Waals surface area contributed by atoms with Gasteiger partial charge in [0.2, 0.25) is 0 Å². The molecule has 0 unspecified atom stereocenters.